The van der Waals surface area contributed by atoms with Crippen LogP contribution >= 0.6 is 15.9 Å². The lowest BCUT2D eigenvalue weighted by molar-refractivity contribution is -0.0829. The number of anilines is 1. The van der Waals surface area contributed by atoms with Crippen LogP contribution in [0.15, 0.2) is 27.9 Å². The number of hydrogen-bond donors (Lipinski definition) is 1. The van der Waals surface area contributed by atoms with E-state index in [-0.39, 0.29) is 5.60 Å². The number of fused-ring (bicyclic) bond motifs is 2. The Morgan fingerprint density at radius 1 is 1.40 bits per heavy atom. The van der Waals surface area contributed by atoms with Crippen LogP contribution in [0.5, 0.6) is 0 Å². The van der Waals surface area contributed by atoms with Gasteiger partial charge < -0.3 is 10.1 Å². The molecule has 4 aliphatic heterocycles. The lowest BCUT2D eigenvalue weighted by Crippen LogP contribution is -2.61. The monoisotopic (exact) mass is 336 g/mol. The van der Waals surface area contributed by atoms with Crippen molar-refractivity contribution in [3.63, 3.8) is 0 Å². The lowest BCUT2D eigenvalue weighted by Gasteiger charge is -2.50. The van der Waals surface area contributed by atoms with E-state index in [1.54, 1.807) is 6.20 Å². The standard InChI is InChI=1S/C14H17BrN4O/c15-12-7-11(1-4-16-12)18-13-17-8-14(20-13)9-19-5-2-10(14)3-6-19/h1,4,7,10H,2-3,5-6,8-9H2,(H,16,17,18). The first-order valence-electron chi connectivity index (χ1n) is 7.08. The van der Waals surface area contributed by atoms with Gasteiger partial charge in [0.15, 0.2) is 0 Å². The number of nitrogens with one attached hydrogen (secondary N) is 1. The Bertz CT molecular complexity index is 556. The fourth-order valence-electron chi connectivity index (χ4n) is 3.55. The van der Waals surface area contributed by atoms with Gasteiger partial charge >= 0.3 is 0 Å². The summed E-state index contributed by atoms with van der Waals surface area (Å²) < 4.78 is 7.03. The molecule has 1 atom stereocenters. The molecule has 0 aromatic carbocycles. The molecule has 0 amide bonds. The van der Waals surface area contributed by atoms with Gasteiger partial charge in [-0.3, -0.25) is 4.90 Å². The molecule has 5 heterocycles. The van der Waals surface area contributed by atoms with Crippen LogP contribution in [0.4, 0.5) is 5.69 Å². The molecule has 1 aromatic rings. The van der Waals surface area contributed by atoms with Gasteiger partial charge in [0, 0.05) is 24.3 Å². The third-order valence-corrected chi connectivity index (χ3v) is 5.02. The van der Waals surface area contributed by atoms with Crippen molar-refractivity contribution >= 4 is 27.6 Å². The van der Waals surface area contributed by atoms with Gasteiger partial charge in [-0.25, -0.2) is 9.98 Å². The molecule has 1 unspecified atom stereocenters. The highest BCUT2D eigenvalue weighted by Crippen LogP contribution is 2.40. The third kappa shape index (κ3) is 2.11. The largest absolute Gasteiger partial charge is 0.455 e. The second kappa shape index (κ2) is 4.70. The normalized spacial score (nSPS) is 35.0. The molecule has 106 valence electrons. The van der Waals surface area contributed by atoms with Crippen molar-refractivity contribution in [2.45, 2.75) is 18.4 Å². The van der Waals surface area contributed by atoms with Gasteiger partial charge in [-0.1, -0.05) is 0 Å². The summed E-state index contributed by atoms with van der Waals surface area (Å²) in [5, 5.41) is 3.25. The predicted octanol–water partition coefficient (Wildman–Crippen LogP) is 2.11. The number of rotatable bonds is 1. The number of aliphatic imine (C=N–C) groups is 1. The zero-order valence-corrected chi connectivity index (χ0v) is 12.8. The molecule has 0 saturated carbocycles. The zero-order valence-electron chi connectivity index (χ0n) is 11.2. The number of hydrogen-bond acceptors (Lipinski definition) is 5. The van der Waals surface area contributed by atoms with Crippen LogP contribution in [0, 0.1) is 5.92 Å². The first-order chi connectivity index (χ1) is 9.73. The summed E-state index contributed by atoms with van der Waals surface area (Å²) in [6.07, 6.45) is 4.24. The fraction of sp³-hybridized carbons (Fsp3) is 0.571. The maximum Gasteiger partial charge on any atom is 0.290 e. The van der Waals surface area contributed by atoms with Gasteiger partial charge in [-0.2, -0.15) is 0 Å². The van der Waals surface area contributed by atoms with E-state index in [1.165, 1.54) is 25.9 Å². The molecule has 5 nitrogen and oxygen atoms in total. The molecule has 1 spiro atoms. The highest BCUT2D eigenvalue weighted by atomic mass is 79.9. The van der Waals surface area contributed by atoms with Crippen molar-refractivity contribution in [2.24, 2.45) is 10.9 Å². The topological polar surface area (TPSA) is 49.8 Å². The minimum atomic E-state index is -0.0803. The first kappa shape index (κ1) is 12.6. The van der Waals surface area contributed by atoms with Crippen molar-refractivity contribution in [1.29, 1.82) is 0 Å². The first-order valence-corrected chi connectivity index (χ1v) is 7.87. The average molecular weight is 337 g/mol. The molecule has 2 bridgehead atoms. The number of nitrogens with zero attached hydrogens (tertiary/aromatic N) is 3. The summed E-state index contributed by atoms with van der Waals surface area (Å²) in [4.78, 5) is 11.2. The smallest absolute Gasteiger partial charge is 0.290 e. The molecule has 6 heteroatoms. The van der Waals surface area contributed by atoms with Crippen LogP contribution in [0.25, 0.3) is 0 Å². The molecule has 1 N–H and O–H groups in total. The van der Waals surface area contributed by atoms with Gasteiger partial charge in [0.1, 0.15) is 10.2 Å². The summed E-state index contributed by atoms with van der Waals surface area (Å²) in [6, 6.07) is 4.49. The van der Waals surface area contributed by atoms with E-state index in [2.05, 4.69) is 36.1 Å². The molecular formula is C14H17BrN4O. The second-order valence-electron chi connectivity index (χ2n) is 5.83. The number of halogens is 1. The van der Waals surface area contributed by atoms with Gasteiger partial charge in [0.25, 0.3) is 6.02 Å². The van der Waals surface area contributed by atoms with E-state index in [4.69, 9.17) is 4.74 Å². The SMILES string of the molecule is Brc1cc(NC2=NCC3(CN4CCC3CC4)O2)ccn1. The highest BCUT2D eigenvalue weighted by Gasteiger charge is 2.51. The summed E-state index contributed by atoms with van der Waals surface area (Å²) in [5.41, 5.74) is 0.868. The maximum atomic E-state index is 6.23. The Morgan fingerprint density at radius 3 is 2.95 bits per heavy atom. The average Bonchev–Trinajstić information content (AvgIpc) is 2.83. The number of pyridine rings is 1. The van der Waals surface area contributed by atoms with Crippen molar-refractivity contribution in [3.05, 3.63) is 22.9 Å². The molecule has 5 rings (SSSR count). The Kier molecular flexibility index (Phi) is 2.96. The van der Waals surface area contributed by atoms with Crippen molar-refractivity contribution < 1.29 is 4.74 Å². The second-order valence-corrected chi connectivity index (χ2v) is 6.64. The Morgan fingerprint density at radius 2 is 2.25 bits per heavy atom. The van der Waals surface area contributed by atoms with E-state index in [1.807, 2.05) is 12.1 Å². The van der Waals surface area contributed by atoms with E-state index >= 15 is 0 Å². The van der Waals surface area contributed by atoms with E-state index in [9.17, 15) is 0 Å². The number of ether oxygens (including phenoxy) is 1. The van der Waals surface area contributed by atoms with E-state index in [0.29, 0.717) is 11.9 Å². The highest BCUT2D eigenvalue weighted by molar-refractivity contribution is 9.10. The van der Waals surface area contributed by atoms with Crippen LogP contribution in [-0.4, -0.2) is 47.7 Å². The van der Waals surface area contributed by atoms with Gasteiger partial charge in [0.2, 0.25) is 0 Å². The number of piperidine rings is 3. The molecule has 0 radical (unpaired) electrons. The summed E-state index contributed by atoms with van der Waals surface area (Å²) in [7, 11) is 0. The van der Waals surface area contributed by atoms with Crippen molar-refractivity contribution in [3.8, 4) is 0 Å². The molecule has 0 aliphatic carbocycles. The van der Waals surface area contributed by atoms with E-state index in [0.717, 1.165) is 23.4 Å². The summed E-state index contributed by atoms with van der Waals surface area (Å²) in [5.74, 6) is 0.653. The molecule has 1 aromatic heterocycles. The molecular weight excluding hydrogens is 320 g/mol. The zero-order chi connectivity index (χ0) is 13.6. The Hall–Kier alpha value is -1.14. The van der Waals surface area contributed by atoms with Crippen molar-refractivity contribution in [2.75, 3.05) is 31.5 Å². The fourth-order valence-corrected chi connectivity index (χ4v) is 3.92. The summed E-state index contributed by atoms with van der Waals surface area (Å²) in [6.45, 7) is 4.24. The maximum absolute atomic E-state index is 6.23. The quantitative estimate of drug-likeness (QED) is 0.798. The van der Waals surface area contributed by atoms with Gasteiger partial charge in [-0.15, -0.1) is 0 Å². The lowest BCUT2D eigenvalue weighted by atomic mass is 9.75. The van der Waals surface area contributed by atoms with Crippen LogP contribution in [-0.2, 0) is 4.74 Å². The Labute approximate surface area is 126 Å². The predicted molar refractivity (Wildman–Crippen MR) is 80.8 cm³/mol. The third-order valence-electron chi connectivity index (χ3n) is 4.59. The molecule has 3 saturated heterocycles. The van der Waals surface area contributed by atoms with Crippen molar-refractivity contribution in [1.82, 2.24) is 9.88 Å². The number of amidine groups is 1. The molecule has 20 heavy (non-hydrogen) atoms. The van der Waals surface area contributed by atoms with Crippen LogP contribution in [0.3, 0.4) is 0 Å². The summed E-state index contributed by atoms with van der Waals surface area (Å²) >= 11 is 3.37. The van der Waals surface area contributed by atoms with Crippen LogP contribution in [0.2, 0.25) is 0 Å². The minimum Gasteiger partial charge on any atom is -0.455 e. The Balaban J connectivity index is 1.48. The van der Waals surface area contributed by atoms with Gasteiger partial charge in [-0.05, 0) is 54.0 Å². The van der Waals surface area contributed by atoms with Gasteiger partial charge in [0.05, 0.1) is 6.54 Å². The number of aromatic nitrogens is 1. The van der Waals surface area contributed by atoms with Crippen LogP contribution in [0.1, 0.15) is 12.8 Å². The molecule has 3 fully saturated rings. The van der Waals surface area contributed by atoms with Crippen LogP contribution < -0.4 is 5.32 Å². The van der Waals surface area contributed by atoms with E-state index < -0.39 is 0 Å². The molecule has 4 aliphatic rings. The minimum absolute atomic E-state index is 0.0803.